The highest BCUT2D eigenvalue weighted by Gasteiger charge is 2.24. The van der Waals surface area contributed by atoms with Gasteiger partial charge in [-0.1, -0.05) is 65.8 Å². The maximum absolute atomic E-state index is 13.0. The maximum atomic E-state index is 13.0. The standard InChI is InChI=1S/C26H37NO3/c1-8-24(30-22-15-11-20(12-16-22)26(4,5)6)25(28)27-23(17-18(2)3)19-9-13-21(29-7)14-10-19/h9-16,18,23-24H,8,17H2,1-7H3,(H,27,28)/t23-,24+/m0/s1. The number of amides is 1. The lowest BCUT2D eigenvalue weighted by Crippen LogP contribution is -2.40. The minimum atomic E-state index is -0.529. The molecule has 0 aliphatic heterocycles. The number of ether oxygens (including phenoxy) is 2. The Hall–Kier alpha value is -2.49. The van der Waals surface area contributed by atoms with Crippen molar-refractivity contribution in [2.75, 3.05) is 7.11 Å². The summed E-state index contributed by atoms with van der Waals surface area (Å²) in [5, 5.41) is 3.20. The number of nitrogens with one attached hydrogen (secondary N) is 1. The quantitative estimate of drug-likeness (QED) is 0.546. The molecular formula is C26H37NO3. The summed E-state index contributed by atoms with van der Waals surface area (Å²) in [4.78, 5) is 13.0. The topological polar surface area (TPSA) is 47.6 Å². The van der Waals surface area contributed by atoms with Crippen LogP contribution in [-0.2, 0) is 10.2 Å². The van der Waals surface area contributed by atoms with Crippen molar-refractivity contribution in [3.05, 3.63) is 59.7 Å². The number of carbonyl (C=O) groups excluding carboxylic acids is 1. The fourth-order valence-electron chi connectivity index (χ4n) is 3.37. The Morgan fingerprint density at radius 2 is 1.53 bits per heavy atom. The SMILES string of the molecule is CC[C@@H](Oc1ccc(C(C)(C)C)cc1)C(=O)N[C@@H](CC(C)C)c1ccc(OC)cc1. The number of hydrogen-bond acceptors (Lipinski definition) is 3. The Kier molecular flexibility index (Phi) is 8.33. The van der Waals surface area contributed by atoms with Crippen LogP contribution in [0.1, 0.15) is 71.6 Å². The van der Waals surface area contributed by atoms with Gasteiger partial charge in [-0.15, -0.1) is 0 Å². The third-order valence-electron chi connectivity index (χ3n) is 5.20. The van der Waals surface area contributed by atoms with Crippen molar-refractivity contribution in [1.29, 1.82) is 0 Å². The summed E-state index contributed by atoms with van der Waals surface area (Å²) in [5.74, 6) is 1.89. The minimum absolute atomic E-state index is 0.0654. The molecule has 0 fully saturated rings. The number of rotatable bonds is 9. The van der Waals surface area contributed by atoms with Gasteiger partial charge in [0.15, 0.2) is 6.10 Å². The van der Waals surface area contributed by atoms with Crippen molar-refractivity contribution >= 4 is 5.91 Å². The first-order chi connectivity index (χ1) is 14.1. The van der Waals surface area contributed by atoms with E-state index in [9.17, 15) is 4.79 Å². The van der Waals surface area contributed by atoms with Crippen LogP contribution in [0.2, 0.25) is 0 Å². The first-order valence-electron chi connectivity index (χ1n) is 10.9. The molecule has 1 N–H and O–H groups in total. The van der Waals surface area contributed by atoms with Crippen molar-refractivity contribution in [3.8, 4) is 11.5 Å². The predicted molar refractivity (Wildman–Crippen MR) is 123 cm³/mol. The summed E-state index contributed by atoms with van der Waals surface area (Å²) in [6, 6.07) is 15.9. The molecule has 30 heavy (non-hydrogen) atoms. The van der Waals surface area contributed by atoms with E-state index in [0.717, 1.165) is 23.5 Å². The molecule has 2 aromatic carbocycles. The van der Waals surface area contributed by atoms with Gasteiger partial charge in [-0.3, -0.25) is 4.79 Å². The normalized spacial score (nSPS) is 13.6. The van der Waals surface area contributed by atoms with Gasteiger partial charge in [-0.25, -0.2) is 0 Å². The summed E-state index contributed by atoms with van der Waals surface area (Å²) in [6.07, 6.45) is 0.928. The third-order valence-corrected chi connectivity index (χ3v) is 5.20. The van der Waals surface area contributed by atoms with Gasteiger partial charge in [0, 0.05) is 0 Å². The van der Waals surface area contributed by atoms with E-state index >= 15 is 0 Å². The minimum Gasteiger partial charge on any atom is -0.497 e. The molecule has 4 heteroatoms. The van der Waals surface area contributed by atoms with Crippen molar-refractivity contribution in [2.24, 2.45) is 5.92 Å². The summed E-state index contributed by atoms with van der Waals surface area (Å²) in [7, 11) is 1.65. The molecule has 0 aliphatic rings. The van der Waals surface area contributed by atoms with Gasteiger partial charge >= 0.3 is 0 Å². The molecule has 164 valence electrons. The lowest BCUT2D eigenvalue weighted by atomic mass is 9.87. The van der Waals surface area contributed by atoms with Crippen LogP contribution in [0.4, 0.5) is 0 Å². The van der Waals surface area contributed by atoms with Crippen molar-refractivity contribution in [2.45, 2.75) is 71.9 Å². The molecule has 1 amide bonds. The van der Waals surface area contributed by atoms with E-state index in [4.69, 9.17) is 9.47 Å². The highest BCUT2D eigenvalue weighted by Crippen LogP contribution is 2.26. The molecule has 0 unspecified atom stereocenters. The Morgan fingerprint density at radius 3 is 2.00 bits per heavy atom. The average molecular weight is 412 g/mol. The van der Waals surface area contributed by atoms with Gasteiger partial charge in [-0.05, 0) is 59.6 Å². The lowest BCUT2D eigenvalue weighted by Gasteiger charge is -2.25. The molecule has 0 bridgehead atoms. The van der Waals surface area contributed by atoms with Crippen molar-refractivity contribution < 1.29 is 14.3 Å². The molecule has 0 saturated heterocycles. The van der Waals surface area contributed by atoms with Crippen LogP contribution in [-0.4, -0.2) is 19.1 Å². The van der Waals surface area contributed by atoms with Gasteiger partial charge in [0.2, 0.25) is 0 Å². The van der Waals surface area contributed by atoms with E-state index in [1.165, 1.54) is 5.56 Å². The van der Waals surface area contributed by atoms with Gasteiger partial charge in [0.1, 0.15) is 11.5 Å². The zero-order chi connectivity index (χ0) is 22.3. The number of methoxy groups -OCH3 is 1. The molecular weight excluding hydrogens is 374 g/mol. The molecule has 4 nitrogen and oxygen atoms in total. The summed E-state index contributed by atoms with van der Waals surface area (Å²) in [5.41, 5.74) is 2.40. The highest BCUT2D eigenvalue weighted by molar-refractivity contribution is 5.81. The Bertz CT molecular complexity index is 789. The van der Waals surface area contributed by atoms with Gasteiger partial charge < -0.3 is 14.8 Å². The molecule has 2 rings (SSSR count). The number of benzene rings is 2. The Morgan fingerprint density at radius 1 is 0.967 bits per heavy atom. The largest absolute Gasteiger partial charge is 0.497 e. The van der Waals surface area contributed by atoms with E-state index in [2.05, 4.69) is 52.1 Å². The number of hydrogen-bond donors (Lipinski definition) is 1. The fraction of sp³-hybridized carbons (Fsp3) is 0.500. The van der Waals surface area contributed by atoms with Crippen LogP contribution in [0, 0.1) is 5.92 Å². The van der Waals surface area contributed by atoms with Gasteiger partial charge in [0.05, 0.1) is 13.2 Å². The monoisotopic (exact) mass is 411 g/mol. The molecule has 2 atom stereocenters. The van der Waals surface area contributed by atoms with Crippen LogP contribution in [0.5, 0.6) is 11.5 Å². The third kappa shape index (κ3) is 6.79. The molecule has 0 aliphatic carbocycles. The van der Waals surface area contributed by atoms with Crippen LogP contribution >= 0.6 is 0 Å². The highest BCUT2D eigenvalue weighted by atomic mass is 16.5. The van der Waals surface area contributed by atoms with Crippen LogP contribution < -0.4 is 14.8 Å². The summed E-state index contributed by atoms with van der Waals surface area (Å²) in [6.45, 7) is 12.8. The average Bonchev–Trinajstić information content (AvgIpc) is 2.70. The molecule has 2 aromatic rings. The number of carbonyl (C=O) groups is 1. The van der Waals surface area contributed by atoms with Crippen molar-refractivity contribution in [3.63, 3.8) is 0 Å². The van der Waals surface area contributed by atoms with Crippen molar-refractivity contribution in [1.82, 2.24) is 5.32 Å². The smallest absolute Gasteiger partial charge is 0.261 e. The van der Waals surface area contributed by atoms with Crippen LogP contribution in [0.3, 0.4) is 0 Å². The van der Waals surface area contributed by atoms with Gasteiger partial charge in [-0.2, -0.15) is 0 Å². The van der Waals surface area contributed by atoms with E-state index in [1.54, 1.807) is 7.11 Å². The predicted octanol–water partition coefficient (Wildman–Crippen LogP) is 6.05. The Labute approximate surface area is 182 Å². The molecule has 0 saturated carbocycles. The zero-order valence-electron chi connectivity index (χ0n) is 19.5. The van der Waals surface area contributed by atoms with Crippen LogP contribution in [0.15, 0.2) is 48.5 Å². The second-order valence-electron chi connectivity index (χ2n) is 9.25. The first kappa shape index (κ1) is 23.8. The Balaban J connectivity index is 2.11. The van der Waals surface area contributed by atoms with E-state index in [1.807, 2.05) is 43.3 Å². The lowest BCUT2D eigenvalue weighted by molar-refractivity contribution is -0.129. The maximum Gasteiger partial charge on any atom is 0.261 e. The molecule has 0 spiro atoms. The van der Waals surface area contributed by atoms with E-state index in [-0.39, 0.29) is 17.4 Å². The fourth-order valence-corrected chi connectivity index (χ4v) is 3.37. The van der Waals surface area contributed by atoms with E-state index in [0.29, 0.717) is 12.3 Å². The molecule has 0 aromatic heterocycles. The first-order valence-corrected chi connectivity index (χ1v) is 10.9. The molecule has 0 heterocycles. The molecule has 0 radical (unpaired) electrons. The second-order valence-corrected chi connectivity index (χ2v) is 9.25. The van der Waals surface area contributed by atoms with Crippen LogP contribution in [0.25, 0.3) is 0 Å². The second kappa shape index (κ2) is 10.5. The van der Waals surface area contributed by atoms with E-state index < -0.39 is 6.10 Å². The zero-order valence-corrected chi connectivity index (χ0v) is 19.5. The summed E-state index contributed by atoms with van der Waals surface area (Å²) < 4.78 is 11.3. The summed E-state index contributed by atoms with van der Waals surface area (Å²) >= 11 is 0. The van der Waals surface area contributed by atoms with Gasteiger partial charge in [0.25, 0.3) is 5.91 Å².